The van der Waals surface area contributed by atoms with Crippen molar-refractivity contribution in [2.24, 2.45) is 0 Å². The maximum Gasteiger partial charge on any atom is 0.325 e. The van der Waals surface area contributed by atoms with Gasteiger partial charge in [0.15, 0.2) is 11.5 Å². The largest absolute Gasteiger partial charge is 0.504 e. The summed E-state index contributed by atoms with van der Waals surface area (Å²) < 4.78 is 0. The van der Waals surface area contributed by atoms with Crippen molar-refractivity contribution in [1.82, 2.24) is 0 Å². The van der Waals surface area contributed by atoms with Crippen LogP contribution in [0.15, 0.2) is 30.3 Å². The molecule has 0 aromatic heterocycles. The van der Waals surface area contributed by atoms with E-state index in [0.717, 1.165) is 5.39 Å². The summed E-state index contributed by atoms with van der Waals surface area (Å²) in [6.07, 6.45) is 0. The zero-order valence-corrected chi connectivity index (χ0v) is 9.71. The van der Waals surface area contributed by atoms with Gasteiger partial charge in [0.25, 0.3) is 0 Å². The predicted octanol–water partition coefficient (Wildman–Crippen LogP) is 2.14. The molecule has 0 aliphatic heterocycles. The van der Waals surface area contributed by atoms with E-state index in [2.05, 4.69) is 5.32 Å². The molecule has 18 heavy (non-hydrogen) atoms. The highest BCUT2D eigenvalue weighted by Gasteiger charge is 2.10. The standard InChI is InChI=1S/C13H13NO4/c1-7(13(17)18)14-10-3-2-8-5-11(15)12(16)6-9(8)4-10/h2-7,14-16H,1H3,(H,17,18). The molecule has 0 bridgehead atoms. The number of phenols is 2. The van der Waals surface area contributed by atoms with Crippen LogP contribution >= 0.6 is 0 Å². The fraction of sp³-hybridized carbons (Fsp3) is 0.154. The number of carboxylic acid groups (broad SMARTS) is 1. The van der Waals surface area contributed by atoms with E-state index < -0.39 is 12.0 Å². The van der Waals surface area contributed by atoms with Crippen LogP contribution in [0.3, 0.4) is 0 Å². The number of aliphatic carboxylic acids is 1. The minimum atomic E-state index is -0.941. The molecule has 0 amide bonds. The van der Waals surface area contributed by atoms with Gasteiger partial charge < -0.3 is 20.6 Å². The molecular formula is C13H13NO4. The summed E-state index contributed by atoms with van der Waals surface area (Å²) in [5, 5.41) is 31.9. The zero-order chi connectivity index (χ0) is 13.3. The van der Waals surface area contributed by atoms with Crippen molar-refractivity contribution in [1.29, 1.82) is 0 Å². The smallest absolute Gasteiger partial charge is 0.325 e. The van der Waals surface area contributed by atoms with E-state index in [4.69, 9.17) is 5.11 Å². The Morgan fingerprint density at radius 2 is 1.72 bits per heavy atom. The molecule has 5 heteroatoms. The molecule has 0 spiro atoms. The number of nitrogens with one attached hydrogen (secondary N) is 1. The maximum atomic E-state index is 10.7. The van der Waals surface area contributed by atoms with Gasteiger partial charge in [0, 0.05) is 5.69 Å². The van der Waals surface area contributed by atoms with Gasteiger partial charge in [-0.25, -0.2) is 0 Å². The lowest BCUT2D eigenvalue weighted by atomic mass is 10.1. The molecule has 0 saturated heterocycles. The number of aromatic hydroxyl groups is 2. The van der Waals surface area contributed by atoms with Crippen molar-refractivity contribution in [2.45, 2.75) is 13.0 Å². The van der Waals surface area contributed by atoms with Crippen molar-refractivity contribution < 1.29 is 20.1 Å². The number of hydrogen-bond donors (Lipinski definition) is 4. The molecule has 2 rings (SSSR count). The molecule has 1 atom stereocenters. The summed E-state index contributed by atoms with van der Waals surface area (Å²) in [6, 6.07) is 7.36. The van der Waals surface area contributed by atoms with E-state index in [1.807, 2.05) is 0 Å². The average molecular weight is 247 g/mol. The highest BCUT2D eigenvalue weighted by molar-refractivity contribution is 5.89. The molecule has 0 aliphatic rings. The Kier molecular flexibility index (Phi) is 2.97. The summed E-state index contributed by atoms with van der Waals surface area (Å²) in [4.78, 5) is 10.7. The summed E-state index contributed by atoms with van der Waals surface area (Å²) >= 11 is 0. The molecule has 2 aromatic carbocycles. The van der Waals surface area contributed by atoms with E-state index >= 15 is 0 Å². The first-order valence-electron chi connectivity index (χ1n) is 5.42. The molecule has 4 N–H and O–H groups in total. The van der Waals surface area contributed by atoms with Crippen molar-refractivity contribution in [2.75, 3.05) is 5.32 Å². The third-order valence-corrected chi connectivity index (χ3v) is 2.69. The van der Waals surface area contributed by atoms with Crippen molar-refractivity contribution >= 4 is 22.4 Å². The minimum Gasteiger partial charge on any atom is -0.504 e. The lowest BCUT2D eigenvalue weighted by Crippen LogP contribution is -2.25. The lowest BCUT2D eigenvalue weighted by molar-refractivity contribution is -0.137. The second-order valence-electron chi connectivity index (χ2n) is 4.11. The number of carbonyl (C=O) groups is 1. The van der Waals surface area contributed by atoms with Crippen LogP contribution in [-0.2, 0) is 4.79 Å². The summed E-state index contributed by atoms with van der Waals surface area (Å²) in [5.41, 5.74) is 0.641. The summed E-state index contributed by atoms with van der Waals surface area (Å²) in [7, 11) is 0. The molecule has 0 heterocycles. The van der Waals surface area contributed by atoms with Gasteiger partial charge in [-0.2, -0.15) is 0 Å². The third kappa shape index (κ3) is 2.29. The third-order valence-electron chi connectivity index (χ3n) is 2.69. The van der Waals surface area contributed by atoms with Gasteiger partial charge in [-0.15, -0.1) is 0 Å². The van der Waals surface area contributed by atoms with Crippen LogP contribution in [0.2, 0.25) is 0 Å². The van der Waals surface area contributed by atoms with Crippen LogP contribution < -0.4 is 5.32 Å². The number of benzene rings is 2. The average Bonchev–Trinajstić information content (AvgIpc) is 2.31. The maximum absolute atomic E-state index is 10.7. The highest BCUT2D eigenvalue weighted by Crippen LogP contribution is 2.31. The number of phenolic OH excluding ortho intramolecular Hbond substituents is 2. The fourth-order valence-corrected chi connectivity index (χ4v) is 1.68. The Bertz CT molecular complexity index is 609. The van der Waals surface area contributed by atoms with Crippen molar-refractivity contribution in [3.8, 4) is 11.5 Å². The van der Waals surface area contributed by atoms with Gasteiger partial charge in [-0.3, -0.25) is 4.79 Å². The van der Waals surface area contributed by atoms with Crippen molar-refractivity contribution in [3.63, 3.8) is 0 Å². The number of fused-ring (bicyclic) bond motifs is 1. The monoisotopic (exact) mass is 247 g/mol. The normalized spacial score (nSPS) is 12.3. The quantitative estimate of drug-likeness (QED) is 0.624. The molecule has 2 aromatic rings. The second-order valence-corrected chi connectivity index (χ2v) is 4.11. The second kappa shape index (κ2) is 4.44. The summed E-state index contributed by atoms with van der Waals surface area (Å²) in [6.45, 7) is 1.54. The number of anilines is 1. The van der Waals surface area contributed by atoms with Crippen LogP contribution in [0.4, 0.5) is 5.69 Å². The molecule has 1 unspecified atom stereocenters. The van der Waals surface area contributed by atoms with E-state index in [-0.39, 0.29) is 11.5 Å². The van der Waals surface area contributed by atoms with Gasteiger partial charge >= 0.3 is 5.97 Å². The van der Waals surface area contributed by atoms with Crippen molar-refractivity contribution in [3.05, 3.63) is 30.3 Å². The number of carboxylic acids is 1. The topological polar surface area (TPSA) is 89.8 Å². The first-order valence-corrected chi connectivity index (χ1v) is 5.42. The number of rotatable bonds is 3. The Labute approximate surface area is 103 Å². The van der Waals surface area contributed by atoms with Gasteiger partial charge in [-0.1, -0.05) is 6.07 Å². The zero-order valence-electron chi connectivity index (χ0n) is 9.71. The van der Waals surface area contributed by atoms with Crippen LogP contribution in [0.5, 0.6) is 11.5 Å². The van der Waals surface area contributed by atoms with E-state index in [1.165, 1.54) is 12.1 Å². The predicted molar refractivity (Wildman–Crippen MR) is 68.0 cm³/mol. The van der Waals surface area contributed by atoms with Crippen LogP contribution in [0.1, 0.15) is 6.92 Å². The molecule has 0 aliphatic carbocycles. The first kappa shape index (κ1) is 12.0. The molecule has 94 valence electrons. The SMILES string of the molecule is CC(Nc1ccc2cc(O)c(O)cc2c1)C(=O)O. The molecular weight excluding hydrogens is 234 g/mol. The Hall–Kier alpha value is -2.43. The van der Waals surface area contributed by atoms with Crippen LogP contribution in [0.25, 0.3) is 10.8 Å². The first-order chi connectivity index (χ1) is 8.47. The Morgan fingerprint density at radius 3 is 2.33 bits per heavy atom. The van der Waals surface area contributed by atoms with Crippen LogP contribution in [0, 0.1) is 0 Å². The van der Waals surface area contributed by atoms with E-state index in [0.29, 0.717) is 11.1 Å². The molecule has 5 nitrogen and oxygen atoms in total. The Morgan fingerprint density at radius 1 is 1.11 bits per heavy atom. The molecule has 0 fully saturated rings. The highest BCUT2D eigenvalue weighted by atomic mass is 16.4. The van der Waals surface area contributed by atoms with Gasteiger partial charge in [0.05, 0.1) is 0 Å². The fourth-order valence-electron chi connectivity index (χ4n) is 1.68. The molecule has 0 radical (unpaired) electrons. The van der Waals surface area contributed by atoms with E-state index in [9.17, 15) is 15.0 Å². The number of hydrogen-bond acceptors (Lipinski definition) is 4. The van der Waals surface area contributed by atoms with E-state index in [1.54, 1.807) is 25.1 Å². The lowest BCUT2D eigenvalue weighted by Gasteiger charge is -2.11. The molecule has 0 saturated carbocycles. The van der Waals surface area contributed by atoms with Gasteiger partial charge in [-0.05, 0) is 42.0 Å². The Balaban J connectivity index is 2.38. The minimum absolute atomic E-state index is 0.179. The van der Waals surface area contributed by atoms with Crippen LogP contribution in [-0.4, -0.2) is 27.3 Å². The van der Waals surface area contributed by atoms with Gasteiger partial charge in [0.2, 0.25) is 0 Å². The van der Waals surface area contributed by atoms with Gasteiger partial charge in [0.1, 0.15) is 6.04 Å². The summed E-state index contributed by atoms with van der Waals surface area (Å²) in [5.74, 6) is -1.32.